The minimum absolute atomic E-state index is 0.142. The summed E-state index contributed by atoms with van der Waals surface area (Å²) in [5.74, 6) is -0.710. The summed E-state index contributed by atoms with van der Waals surface area (Å²) in [4.78, 5) is 24.6. The SMILES string of the molecule is CCN(C(=O)NCC1CCOC1C)C(C)(C)C(=O)O. The zero-order chi connectivity index (χ0) is 14.6. The first-order valence-corrected chi connectivity index (χ1v) is 6.71. The second-order valence-corrected chi connectivity index (χ2v) is 5.42. The van der Waals surface area contributed by atoms with Crippen molar-refractivity contribution in [3.63, 3.8) is 0 Å². The molecular formula is C13H24N2O4. The molecule has 0 spiro atoms. The Balaban J connectivity index is 2.57. The van der Waals surface area contributed by atoms with Crippen molar-refractivity contribution in [2.45, 2.75) is 45.8 Å². The molecule has 2 unspecified atom stereocenters. The van der Waals surface area contributed by atoms with Crippen LogP contribution in [-0.2, 0) is 9.53 Å². The Kier molecular flexibility index (Phi) is 5.17. The van der Waals surface area contributed by atoms with Crippen LogP contribution >= 0.6 is 0 Å². The zero-order valence-electron chi connectivity index (χ0n) is 12.1. The van der Waals surface area contributed by atoms with Gasteiger partial charge in [-0.15, -0.1) is 0 Å². The van der Waals surface area contributed by atoms with Crippen LogP contribution in [0.4, 0.5) is 4.79 Å². The lowest BCUT2D eigenvalue weighted by Crippen LogP contribution is -2.56. The fourth-order valence-corrected chi connectivity index (χ4v) is 2.27. The van der Waals surface area contributed by atoms with Crippen molar-refractivity contribution in [1.29, 1.82) is 0 Å². The third-order valence-corrected chi connectivity index (χ3v) is 3.81. The molecule has 0 bridgehead atoms. The van der Waals surface area contributed by atoms with Gasteiger partial charge in [-0.2, -0.15) is 0 Å². The van der Waals surface area contributed by atoms with Gasteiger partial charge in [0, 0.05) is 25.6 Å². The molecule has 19 heavy (non-hydrogen) atoms. The molecule has 1 fully saturated rings. The molecule has 1 aliphatic rings. The fourth-order valence-electron chi connectivity index (χ4n) is 2.27. The number of hydrogen-bond donors (Lipinski definition) is 2. The third-order valence-electron chi connectivity index (χ3n) is 3.81. The summed E-state index contributed by atoms with van der Waals surface area (Å²) in [5, 5.41) is 12.0. The highest BCUT2D eigenvalue weighted by Crippen LogP contribution is 2.20. The van der Waals surface area contributed by atoms with E-state index in [1.54, 1.807) is 6.92 Å². The summed E-state index contributed by atoms with van der Waals surface area (Å²) < 4.78 is 5.43. The lowest BCUT2D eigenvalue weighted by Gasteiger charge is -2.34. The van der Waals surface area contributed by atoms with Gasteiger partial charge in [0.05, 0.1) is 6.10 Å². The van der Waals surface area contributed by atoms with E-state index in [4.69, 9.17) is 4.74 Å². The molecule has 110 valence electrons. The monoisotopic (exact) mass is 272 g/mol. The van der Waals surface area contributed by atoms with Gasteiger partial charge in [-0.05, 0) is 34.1 Å². The van der Waals surface area contributed by atoms with Crippen LogP contribution in [0.3, 0.4) is 0 Å². The number of carboxylic acid groups (broad SMARTS) is 1. The lowest BCUT2D eigenvalue weighted by atomic mass is 10.0. The molecule has 6 nitrogen and oxygen atoms in total. The maximum atomic E-state index is 12.1. The second kappa shape index (κ2) is 6.23. The molecule has 0 aromatic carbocycles. The summed E-state index contributed by atoms with van der Waals surface area (Å²) in [5.41, 5.74) is -1.21. The number of ether oxygens (including phenoxy) is 1. The van der Waals surface area contributed by atoms with E-state index >= 15 is 0 Å². The van der Waals surface area contributed by atoms with Gasteiger partial charge in [0.2, 0.25) is 0 Å². The van der Waals surface area contributed by atoms with Crippen LogP contribution in [0.25, 0.3) is 0 Å². The number of carbonyl (C=O) groups excluding carboxylic acids is 1. The number of aliphatic carboxylic acids is 1. The maximum absolute atomic E-state index is 12.1. The predicted octanol–water partition coefficient (Wildman–Crippen LogP) is 1.31. The van der Waals surface area contributed by atoms with Gasteiger partial charge in [0.25, 0.3) is 0 Å². The summed E-state index contributed by atoms with van der Waals surface area (Å²) >= 11 is 0. The van der Waals surface area contributed by atoms with E-state index in [-0.39, 0.29) is 12.1 Å². The molecule has 6 heteroatoms. The highest BCUT2D eigenvalue weighted by atomic mass is 16.5. The van der Waals surface area contributed by atoms with Crippen molar-refractivity contribution < 1.29 is 19.4 Å². The Morgan fingerprint density at radius 2 is 2.11 bits per heavy atom. The van der Waals surface area contributed by atoms with Gasteiger partial charge in [0.1, 0.15) is 5.54 Å². The van der Waals surface area contributed by atoms with Crippen LogP contribution in [0.2, 0.25) is 0 Å². The number of nitrogens with zero attached hydrogens (tertiary/aromatic N) is 1. The van der Waals surface area contributed by atoms with Crippen LogP contribution in [0, 0.1) is 5.92 Å². The molecule has 0 aliphatic carbocycles. The number of urea groups is 1. The fraction of sp³-hybridized carbons (Fsp3) is 0.846. The number of likely N-dealkylation sites (N-methyl/N-ethyl adjacent to an activating group) is 1. The smallest absolute Gasteiger partial charge is 0.329 e. The standard InChI is InChI=1S/C13H24N2O4/c1-5-15(13(3,4)11(16)17)12(18)14-8-10-6-7-19-9(10)2/h9-10H,5-8H2,1-4H3,(H,14,18)(H,16,17). The van der Waals surface area contributed by atoms with Gasteiger partial charge in [-0.3, -0.25) is 0 Å². The van der Waals surface area contributed by atoms with Crippen molar-refractivity contribution in [3.8, 4) is 0 Å². The Bertz CT molecular complexity index is 344. The largest absolute Gasteiger partial charge is 0.480 e. The Morgan fingerprint density at radius 3 is 2.53 bits per heavy atom. The quantitative estimate of drug-likeness (QED) is 0.791. The molecule has 1 saturated heterocycles. The number of rotatable bonds is 5. The van der Waals surface area contributed by atoms with Crippen LogP contribution in [0.5, 0.6) is 0 Å². The Hall–Kier alpha value is -1.30. The number of amides is 2. The first-order valence-electron chi connectivity index (χ1n) is 6.71. The summed E-state index contributed by atoms with van der Waals surface area (Å²) in [7, 11) is 0. The molecule has 1 rings (SSSR count). The van der Waals surface area contributed by atoms with E-state index in [0.717, 1.165) is 13.0 Å². The molecule has 2 amide bonds. The number of hydrogen-bond acceptors (Lipinski definition) is 3. The first kappa shape index (κ1) is 15.8. The van der Waals surface area contributed by atoms with E-state index in [1.165, 1.54) is 18.7 Å². The minimum Gasteiger partial charge on any atom is -0.480 e. The molecule has 0 radical (unpaired) electrons. The van der Waals surface area contributed by atoms with Gasteiger partial charge in [-0.1, -0.05) is 0 Å². The van der Waals surface area contributed by atoms with E-state index in [1.807, 2.05) is 6.92 Å². The van der Waals surface area contributed by atoms with E-state index < -0.39 is 11.5 Å². The Labute approximate surface area is 114 Å². The van der Waals surface area contributed by atoms with Crippen molar-refractivity contribution >= 4 is 12.0 Å². The van der Waals surface area contributed by atoms with Gasteiger partial charge < -0.3 is 20.1 Å². The molecule has 1 aliphatic heterocycles. The van der Waals surface area contributed by atoms with Crippen LogP contribution < -0.4 is 5.32 Å². The average Bonchev–Trinajstić information content (AvgIpc) is 2.72. The molecule has 2 N–H and O–H groups in total. The molecule has 0 aromatic heterocycles. The van der Waals surface area contributed by atoms with Crippen molar-refractivity contribution in [3.05, 3.63) is 0 Å². The Morgan fingerprint density at radius 1 is 1.47 bits per heavy atom. The van der Waals surface area contributed by atoms with Gasteiger partial charge in [-0.25, -0.2) is 9.59 Å². The number of carbonyl (C=O) groups is 2. The van der Waals surface area contributed by atoms with Crippen LogP contribution in [-0.4, -0.2) is 53.3 Å². The van der Waals surface area contributed by atoms with Crippen molar-refractivity contribution in [1.82, 2.24) is 10.2 Å². The minimum atomic E-state index is -1.21. The predicted molar refractivity (Wildman–Crippen MR) is 71.0 cm³/mol. The van der Waals surface area contributed by atoms with E-state index in [9.17, 15) is 14.7 Å². The highest BCUT2D eigenvalue weighted by Gasteiger charge is 2.37. The maximum Gasteiger partial charge on any atom is 0.329 e. The molecule has 1 heterocycles. The van der Waals surface area contributed by atoms with Crippen molar-refractivity contribution in [2.75, 3.05) is 19.7 Å². The van der Waals surface area contributed by atoms with Gasteiger partial charge >= 0.3 is 12.0 Å². The van der Waals surface area contributed by atoms with Crippen molar-refractivity contribution in [2.24, 2.45) is 5.92 Å². The van der Waals surface area contributed by atoms with Gasteiger partial charge in [0.15, 0.2) is 0 Å². The topological polar surface area (TPSA) is 78.9 Å². The number of nitrogens with one attached hydrogen (secondary N) is 1. The lowest BCUT2D eigenvalue weighted by molar-refractivity contribution is -0.147. The van der Waals surface area contributed by atoms with Crippen LogP contribution in [0.1, 0.15) is 34.1 Å². The highest BCUT2D eigenvalue weighted by molar-refractivity contribution is 5.85. The summed E-state index contributed by atoms with van der Waals surface area (Å²) in [6.07, 6.45) is 1.07. The second-order valence-electron chi connectivity index (χ2n) is 5.42. The molecular weight excluding hydrogens is 248 g/mol. The first-order chi connectivity index (χ1) is 8.80. The summed E-state index contributed by atoms with van der Waals surface area (Å²) in [6.45, 7) is 8.40. The average molecular weight is 272 g/mol. The normalized spacial score (nSPS) is 23.2. The molecule has 0 aromatic rings. The molecule has 0 saturated carbocycles. The van der Waals surface area contributed by atoms with E-state index in [2.05, 4.69) is 5.32 Å². The molecule has 2 atom stereocenters. The third kappa shape index (κ3) is 3.59. The zero-order valence-corrected chi connectivity index (χ0v) is 12.1. The van der Waals surface area contributed by atoms with Crippen LogP contribution in [0.15, 0.2) is 0 Å². The van der Waals surface area contributed by atoms with E-state index in [0.29, 0.717) is 19.0 Å². The number of carboxylic acids is 1. The summed E-state index contributed by atoms with van der Waals surface area (Å²) in [6, 6.07) is -0.339.